The van der Waals surface area contributed by atoms with Crippen LogP contribution in [0, 0.1) is 6.92 Å². The van der Waals surface area contributed by atoms with Gasteiger partial charge in [0.05, 0.1) is 6.61 Å². The second kappa shape index (κ2) is 24.3. The highest BCUT2D eigenvalue weighted by molar-refractivity contribution is 7.52. The maximum atomic E-state index is 15.7. The summed E-state index contributed by atoms with van der Waals surface area (Å²) < 4.78 is 47.4. The average Bonchev–Trinajstić information content (AvgIpc) is 3.37. The van der Waals surface area contributed by atoms with Crippen LogP contribution in [0.2, 0.25) is 0 Å². The van der Waals surface area contributed by atoms with E-state index in [2.05, 4.69) is 83.1 Å². The lowest BCUT2D eigenvalue weighted by Gasteiger charge is -2.25. The number of carbonyl (C=O) groups is 1. The molecule has 1 saturated heterocycles. The van der Waals surface area contributed by atoms with Crippen LogP contribution in [0.5, 0.6) is 5.75 Å². The molecule has 1 fully saturated rings. The quantitative estimate of drug-likeness (QED) is 0.0552. The molecule has 5 atom stereocenters. The molecule has 2 aromatic rings. The number of benzene rings is 1. The van der Waals surface area contributed by atoms with E-state index in [1.165, 1.54) is 12.3 Å². The van der Waals surface area contributed by atoms with Crippen molar-refractivity contribution in [3.8, 4) is 5.75 Å². The van der Waals surface area contributed by atoms with Gasteiger partial charge >= 0.3 is 13.4 Å². The number of alkyl halides is 1. The SMILES string of the molecule is CC/C=C\C/C=C\C/C=C\C/C=C\C/C=C\C/C=C\CCC(=O)NCCNP(=O)(OC[C@H]1O[C@@H](n2ccc(C)nc2=O)[C@](C)(F)[C@@H]1O)Oc1ccccc1. The van der Waals surface area contributed by atoms with Gasteiger partial charge in [0.1, 0.15) is 18.0 Å². The molecule has 2 heterocycles. The number of aliphatic hydroxyl groups is 1. The first-order valence-electron chi connectivity index (χ1n) is 18.5. The summed E-state index contributed by atoms with van der Waals surface area (Å²) in [5.41, 5.74) is -2.68. The number of carbonyl (C=O) groups excluding carboxylic acids is 1. The Morgan fingerprint density at radius 2 is 1.52 bits per heavy atom. The van der Waals surface area contributed by atoms with E-state index in [0.717, 1.165) is 50.0 Å². The Balaban J connectivity index is 1.36. The molecule has 3 N–H and O–H groups in total. The molecule has 1 amide bonds. The van der Waals surface area contributed by atoms with Crippen LogP contribution in [0.25, 0.3) is 0 Å². The van der Waals surface area contributed by atoms with E-state index in [1.54, 1.807) is 37.3 Å². The van der Waals surface area contributed by atoms with E-state index in [0.29, 0.717) is 12.1 Å². The predicted octanol–water partition coefficient (Wildman–Crippen LogP) is 7.93. The lowest BCUT2D eigenvalue weighted by Crippen LogP contribution is -2.43. The molecular weight excluding hydrogens is 710 g/mol. The zero-order chi connectivity index (χ0) is 39.1. The van der Waals surface area contributed by atoms with Crippen LogP contribution in [0.1, 0.15) is 77.1 Å². The number of allylic oxidation sites excluding steroid dienone is 12. The van der Waals surface area contributed by atoms with Gasteiger partial charge in [0.25, 0.3) is 0 Å². The van der Waals surface area contributed by atoms with Gasteiger partial charge in [-0.2, -0.15) is 4.98 Å². The first-order chi connectivity index (χ1) is 26.1. The Hall–Kier alpha value is -4.19. The summed E-state index contributed by atoms with van der Waals surface area (Å²) in [7, 11) is -4.11. The third kappa shape index (κ3) is 16.0. The van der Waals surface area contributed by atoms with Crippen LogP contribution in [0.3, 0.4) is 0 Å². The highest BCUT2D eigenvalue weighted by Crippen LogP contribution is 2.46. The van der Waals surface area contributed by atoms with Crippen LogP contribution in [-0.2, 0) is 18.6 Å². The second-order valence-electron chi connectivity index (χ2n) is 12.8. The number of halogens is 1. The smallest absolute Gasteiger partial charge is 0.413 e. The molecule has 1 unspecified atom stereocenters. The first-order valence-corrected chi connectivity index (χ1v) is 20.1. The Bertz CT molecular complexity index is 1700. The summed E-state index contributed by atoms with van der Waals surface area (Å²) in [4.78, 5) is 28.6. The zero-order valence-corrected chi connectivity index (χ0v) is 32.5. The van der Waals surface area contributed by atoms with Crippen molar-refractivity contribution in [2.45, 2.75) is 96.2 Å². The third-order valence-corrected chi connectivity index (χ3v) is 9.75. The number of aliphatic hydroxyl groups excluding tert-OH is 1. The minimum atomic E-state index is -4.11. The van der Waals surface area contributed by atoms with Crippen LogP contribution < -0.4 is 20.6 Å². The normalized spacial score (nSPS) is 21.8. The van der Waals surface area contributed by atoms with Crippen molar-refractivity contribution in [1.29, 1.82) is 0 Å². The van der Waals surface area contributed by atoms with Gasteiger partial charge in [-0.15, -0.1) is 0 Å². The van der Waals surface area contributed by atoms with E-state index < -0.39 is 44.1 Å². The van der Waals surface area contributed by atoms with Gasteiger partial charge in [-0.1, -0.05) is 98.0 Å². The third-order valence-electron chi connectivity index (χ3n) is 8.20. The number of nitrogens with zero attached hydrogens (tertiary/aromatic N) is 2. The van der Waals surface area contributed by atoms with Crippen molar-refractivity contribution in [2.24, 2.45) is 0 Å². The molecule has 3 rings (SSSR count). The second-order valence-corrected chi connectivity index (χ2v) is 14.5. The van der Waals surface area contributed by atoms with E-state index >= 15 is 4.39 Å². The summed E-state index contributed by atoms with van der Waals surface area (Å²) >= 11 is 0. The molecule has 1 aromatic heterocycles. The van der Waals surface area contributed by atoms with Crippen molar-refractivity contribution >= 4 is 13.7 Å². The van der Waals surface area contributed by atoms with E-state index in [1.807, 2.05) is 12.2 Å². The fourth-order valence-electron chi connectivity index (χ4n) is 5.26. The maximum Gasteiger partial charge on any atom is 0.458 e. The molecule has 0 spiro atoms. The van der Waals surface area contributed by atoms with Gasteiger partial charge < -0.3 is 19.7 Å². The van der Waals surface area contributed by atoms with Crippen LogP contribution in [-0.4, -0.2) is 58.1 Å². The molecule has 1 aliphatic heterocycles. The van der Waals surface area contributed by atoms with Crippen molar-refractivity contribution in [2.75, 3.05) is 19.7 Å². The van der Waals surface area contributed by atoms with Gasteiger partial charge in [-0.25, -0.2) is 18.8 Å². The largest absolute Gasteiger partial charge is 0.458 e. The van der Waals surface area contributed by atoms with Gasteiger partial charge in [0.2, 0.25) is 5.91 Å². The van der Waals surface area contributed by atoms with Crippen LogP contribution >= 0.6 is 7.75 Å². The summed E-state index contributed by atoms with van der Waals surface area (Å²) in [6.45, 7) is 4.49. The Morgan fingerprint density at radius 3 is 2.09 bits per heavy atom. The number of aryl methyl sites for hydroxylation is 1. The van der Waals surface area contributed by atoms with Crippen molar-refractivity contribution in [3.05, 3.63) is 132 Å². The van der Waals surface area contributed by atoms with Gasteiger partial charge in [-0.05, 0) is 77.0 Å². The molecule has 54 heavy (non-hydrogen) atoms. The number of ether oxygens (including phenoxy) is 1. The summed E-state index contributed by atoms with van der Waals surface area (Å²) in [6.07, 6.45) is 28.9. The number of rotatable bonds is 24. The molecule has 294 valence electrons. The van der Waals surface area contributed by atoms with Crippen LogP contribution in [0.15, 0.2) is 120 Å². The fraction of sp³-hybridized carbons (Fsp3) is 0.439. The van der Waals surface area contributed by atoms with Crippen molar-refractivity contribution in [1.82, 2.24) is 20.0 Å². The van der Waals surface area contributed by atoms with Gasteiger partial charge in [-0.3, -0.25) is 13.9 Å². The highest BCUT2D eigenvalue weighted by atomic mass is 31.2. The Morgan fingerprint density at radius 1 is 0.944 bits per heavy atom. The number of amides is 1. The van der Waals surface area contributed by atoms with E-state index in [-0.39, 0.29) is 31.2 Å². The summed E-state index contributed by atoms with van der Waals surface area (Å²) in [6, 6.07) is 9.82. The molecule has 0 aliphatic carbocycles. The van der Waals surface area contributed by atoms with Gasteiger partial charge in [0, 0.05) is 31.4 Å². The maximum absolute atomic E-state index is 15.7. The van der Waals surface area contributed by atoms with Crippen molar-refractivity contribution < 1.29 is 32.6 Å². The molecule has 11 nitrogen and oxygen atoms in total. The number of hydrogen-bond acceptors (Lipinski definition) is 8. The average molecular weight is 767 g/mol. The standard InChI is InChI=1S/C41H56FN4O7P/c1-4-5-6-7-8-9-10-11-12-13-14-15-16-17-18-19-20-21-25-28-37(47)43-30-31-44-54(50,53-35-26-23-22-24-27-35)51-33-36-38(48)41(3,42)39(52-36)46-32-29-34(2)45-40(46)49/h5-6,8-9,11-12,14-15,17-18,20-24,26-27,29,32,36,38-39,48H,4,7,10,13,16,19,25,28,30-31,33H2,1-3H3,(H,43,47)(H,44,50)/b6-5-,9-8-,12-11-,15-14-,18-17-,21-20-/t36-,38-,39-,41-,54?/m1/s1. The highest BCUT2D eigenvalue weighted by Gasteiger charge is 2.55. The topological polar surface area (TPSA) is 141 Å². The summed E-state index contributed by atoms with van der Waals surface area (Å²) in [5, 5.41) is 16.2. The Kier molecular flexibility index (Phi) is 19.9. The minimum Gasteiger partial charge on any atom is -0.413 e. The molecule has 0 radical (unpaired) electrons. The molecule has 0 saturated carbocycles. The fourth-order valence-corrected chi connectivity index (χ4v) is 6.60. The molecule has 1 aliphatic rings. The summed E-state index contributed by atoms with van der Waals surface area (Å²) in [5.74, 6) is 0.0692. The molecular formula is C41H56FN4O7P. The number of para-hydroxylation sites is 1. The lowest BCUT2D eigenvalue weighted by molar-refractivity contribution is -0.120. The van der Waals surface area contributed by atoms with E-state index in [9.17, 15) is 19.3 Å². The number of nitrogens with one attached hydrogen (secondary N) is 2. The number of aromatic nitrogens is 2. The lowest BCUT2D eigenvalue weighted by atomic mass is 9.98. The zero-order valence-electron chi connectivity index (χ0n) is 31.6. The van der Waals surface area contributed by atoms with Crippen LogP contribution in [0.4, 0.5) is 4.39 Å². The van der Waals surface area contributed by atoms with Crippen molar-refractivity contribution in [3.63, 3.8) is 0 Å². The Labute approximate surface area is 319 Å². The minimum absolute atomic E-state index is 0.0255. The molecule has 0 bridgehead atoms. The van der Waals surface area contributed by atoms with E-state index in [4.69, 9.17) is 13.8 Å². The predicted molar refractivity (Wildman–Crippen MR) is 212 cm³/mol. The first kappa shape index (κ1) is 44.2. The molecule has 13 heteroatoms. The van der Waals surface area contributed by atoms with Gasteiger partial charge in [0.15, 0.2) is 11.9 Å². The number of hydrogen-bond donors (Lipinski definition) is 3. The molecule has 1 aromatic carbocycles. The monoisotopic (exact) mass is 766 g/mol.